The molecule has 1 N–H and O–H groups in total. The van der Waals surface area contributed by atoms with E-state index in [-0.39, 0.29) is 17.2 Å². The molecule has 1 rings (SSSR count). The second kappa shape index (κ2) is 7.29. The molecule has 2 atom stereocenters. The van der Waals surface area contributed by atoms with E-state index >= 15 is 0 Å². The van der Waals surface area contributed by atoms with Crippen molar-refractivity contribution < 1.29 is 9.13 Å². The van der Waals surface area contributed by atoms with Crippen LogP contribution in [0, 0.1) is 5.82 Å². The second-order valence-corrected chi connectivity index (χ2v) is 4.94. The zero-order chi connectivity index (χ0) is 13.7. The van der Waals surface area contributed by atoms with Crippen molar-refractivity contribution in [2.24, 2.45) is 0 Å². The number of ether oxygens (including phenoxy) is 1. The van der Waals surface area contributed by atoms with E-state index in [9.17, 15) is 4.39 Å². The van der Waals surface area contributed by atoms with Crippen molar-refractivity contribution in [3.8, 4) is 0 Å². The molecule has 0 saturated carbocycles. The van der Waals surface area contributed by atoms with Crippen LogP contribution >= 0.6 is 23.2 Å². The first-order chi connectivity index (χ1) is 8.47. The molecular formula is C13H18Cl2FNO. The molecule has 102 valence electrons. The van der Waals surface area contributed by atoms with Gasteiger partial charge >= 0.3 is 0 Å². The fourth-order valence-corrected chi connectivity index (χ4v) is 2.43. The number of halogens is 3. The van der Waals surface area contributed by atoms with Gasteiger partial charge in [0.25, 0.3) is 0 Å². The largest absolute Gasteiger partial charge is 0.377 e. The fraction of sp³-hybridized carbons (Fsp3) is 0.538. The Morgan fingerprint density at radius 3 is 2.61 bits per heavy atom. The minimum absolute atomic E-state index is 0.0755. The lowest BCUT2D eigenvalue weighted by molar-refractivity contribution is 0.0743. The molecule has 2 unspecified atom stereocenters. The minimum Gasteiger partial charge on any atom is -0.377 e. The van der Waals surface area contributed by atoms with Gasteiger partial charge in [-0.1, -0.05) is 23.2 Å². The first-order valence-electron chi connectivity index (χ1n) is 5.95. The Morgan fingerprint density at radius 2 is 2.00 bits per heavy atom. The molecule has 18 heavy (non-hydrogen) atoms. The molecule has 0 spiro atoms. The van der Waals surface area contributed by atoms with Crippen molar-refractivity contribution in [1.82, 2.24) is 5.32 Å². The van der Waals surface area contributed by atoms with Crippen LogP contribution in [0.4, 0.5) is 4.39 Å². The minimum atomic E-state index is -0.456. The van der Waals surface area contributed by atoms with Crippen molar-refractivity contribution in [2.75, 3.05) is 13.2 Å². The Kier molecular flexibility index (Phi) is 6.36. The molecule has 0 saturated heterocycles. The molecule has 5 heteroatoms. The van der Waals surface area contributed by atoms with Crippen molar-refractivity contribution in [2.45, 2.75) is 32.9 Å². The number of hydrogen-bond donors (Lipinski definition) is 1. The summed E-state index contributed by atoms with van der Waals surface area (Å²) >= 11 is 12.0. The van der Waals surface area contributed by atoms with Gasteiger partial charge in [-0.3, -0.25) is 0 Å². The van der Waals surface area contributed by atoms with Crippen molar-refractivity contribution in [3.05, 3.63) is 33.6 Å². The predicted molar refractivity (Wildman–Crippen MR) is 73.9 cm³/mol. The van der Waals surface area contributed by atoms with Crippen LogP contribution in [0.15, 0.2) is 12.1 Å². The monoisotopic (exact) mass is 293 g/mol. The molecule has 0 aliphatic heterocycles. The van der Waals surface area contributed by atoms with E-state index in [2.05, 4.69) is 5.32 Å². The van der Waals surface area contributed by atoms with E-state index in [0.717, 1.165) is 0 Å². The highest BCUT2D eigenvalue weighted by atomic mass is 35.5. The maximum atomic E-state index is 13.4. The fourth-order valence-electron chi connectivity index (χ4n) is 1.73. The van der Waals surface area contributed by atoms with Gasteiger partial charge < -0.3 is 10.1 Å². The van der Waals surface area contributed by atoms with E-state index in [1.807, 2.05) is 20.8 Å². The number of hydrogen-bond acceptors (Lipinski definition) is 2. The van der Waals surface area contributed by atoms with E-state index in [0.29, 0.717) is 23.7 Å². The first-order valence-corrected chi connectivity index (χ1v) is 6.71. The molecule has 0 bridgehead atoms. The van der Waals surface area contributed by atoms with Gasteiger partial charge in [-0.15, -0.1) is 0 Å². The van der Waals surface area contributed by atoms with Gasteiger partial charge in [0.2, 0.25) is 0 Å². The molecule has 0 aliphatic carbocycles. The van der Waals surface area contributed by atoms with Crippen LogP contribution in [0.2, 0.25) is 10.0 Å². The van der Waals surface area contributed by atoms with Crippen molar-refractivity contribution in [3.63, 3.8) is 0 Å². The molecule has 0 fully saturated rings. The Balaban J connectivity index is 2.72. The van der Waals surface area contributed by atoms with Crippen LogP contribution in [-0.4, -0.2) is 19.3 Å². The second-order valence-electron chi connectivity index (χ2n) is 4.15. The summed E-state index contributed by atoms with van der Waals surface area (Å²) in [4.78, 5) is 0. The lowest BCUT2D eigenvalue weighted by Gasteiger charge is -2.20. The van der Waals surface area contributed by atoms with Crippen LogP contribution in [0.5, 0.6) is 0 Å². The summed E-state index contributed by atoms with van der Waals surface area (Å²) < 4.78 is 18.8. The van der Waals surface area contributed by atoms with E-state index < -0.39 is 5.82 Å². The highest BCUT2D eigenvalue weighted by molar-refractivity contribution is 6.36. The SMILES string of the molecule is CCOC(C)CNC(C)c1c(Cl)ccc(F)c1Cl. The third-order valence-corrected chi connectivity index (χ3v) is 3.39. The Labute approximate surface area is 117 Å². The Morgan fingerprint density at radius 1 is 1.33 bits per heavy atom. The summed E-state index contributed by atoms with van der Waals surface area (Å²) in [6, 6.07) is 2.65. The average molecular weight is 294 g/mol. The highest BCUT2D eigenvalue weighted by Gasteiger charge is 2.17. The van der Waals surface area contributed by atoms with Gasteiger partial charge in [0.05, 0.1) is 11.1 Å². The predicted octanol–water partition coefficient (Wildman–Crippen LogP) is 4.21. The molecule has 1 aromatic carbocycles. The summed E-state index contributed by atoms with van der Waals surface area (Å²) in [5, 5.41) is 3.77. The smallest absolute Gasteiger partial charge is 0.142 e. The highest BCUT2D eigenvalue weighted by Crippen LogP contribution is 2.32. The summed E-state index contributed by atoms with van der Waals surface area (Å²) in [5.41, 5.74) is 0.585. The maximum absolute atomic E-state index is 13.4. The number of nitrogens with one attached hydrogen (secondary N) is 1. The molecule has 0 aliphatic rings. The molecule has 0 radical (unpaired) electrons. The average Bonchev–Trinajstić information content (AvgIpc) is 2.32. The van der Waals surface area contributed by atoms with E-state index in [1.54, 1.807) is 0 Å². The maximum Gasteiger partial charge on any atom is 0.142 e. The Bertz CT molecular complexity index is 401. The van der Waals surface area contributed by atoms with Crippen LogP contribution in [0.1, 0.15) is 32.4 Å². The normalized spacial score (nSPS) is 14.6. The zero-order valence-corrected chi connectivity index (χ0v) is 12.3. The molecular weight excluding hydrogens is 276 g/mol. The molecule has 1 aromatic rings. The number of benzene rings is 1. The third kappa shape index (κ3) is 4.09. The summed E-state index contributed by atoms with van der Waals surface area (Å²) in [6.45, 7) is 7.13. The molecule has 0 aromatic heterocycles. The van der Waals surface area contributed by atoms with Crippen LogP contribution < -0.4 is 5.32 Å². The molecule has 0 amide bonds. The van der Waals surface area contributed by atoms with Gasteiger partial charge in [-0.2, -0.15) is 0 Å². The van der Waals surface area contributed by atoms with Gasteiger partial charge in [-0.25, -0.2) is 4.39 Å². The summed E-state index contributed by atoms with van der Waals surface area (Å²) in [5.74, 6) is -0.456. The first kappa shape index (κ1) is 15.7. The van der Waals surface area contributed by atoms with Crippen molar-refractivity contribution >= 4 is 23.2 Å². The lowest BCUT2D eigenvalue weighted by Crippen LogP contribution is -2.29. The quantitative estimate of drug-likeness (QED) is 0.794. The van der Waals surface area contributed by atoms with E-state index in [4.69, 9.17) is 27.9 Å². The number of rotatable bonds is 6. The molecule has 2 nitrogen and oxygen atoms in total. The van der Waals surface area contributed by atoms with Crippen LogP contribution in [0.25, 0.3) is 0 Å². The third-order valence-electron chi connectivity index (χ3n) is 2.68. The summed E-state index contributed by atoms with van der Waals surface area (Å²) in [7, 11) is 0. The topological polar surface area (TPSA) is 21.3 Å². The standard InChI is InChI=1S/C13H18Cl2FNO/c1-4-18-8(2)7-17-9(3)12-10(14)5-6-11(16)13(12)15/h5-6,8-9,17H,4,7H2,1-3H3. The van der Waals surface area contributed by atoms with Gasteiger partial charge in [-0.05, 0) is 32.9 Å². The van der Waals surface area contributed by atoms with Gasteiger partial charge in [0.1, 0.15) is 5.82 Å². The van der Waals surface area contributed by atoms with Crippen LogP contribution in [0.3, 0.4) is 0 Å². The van der Waals surface area contributed by atoms with Crippen molar-refractivity contribution in [1.29, 1.82) is 0 Å². The zero-order valence-electron chi connectivity index (χ0n) is 10.8. The van der Waals surface area contributed by atoms with Crippen LogP contribution in [-0.2, 0) is 4.74 Å². The Hall–Kier alpha value is -0.350. The van der Waals surface area contributed by atoms with Gasteiger partial charge in [0, 0.05) is 29.8 Å². The molecule has 0 heterocycles. The lowest BCUT2D eigenvalue weighted by atomic mass is 10.1. The van der Waals surface area contributed by atoms with E-state index in [1.165, 1.54) is 12.1 Å². The summed E-state index contributed by atoms with van der Waals surface area (Å²) in [6.07, 6.45) is 0.0866. The van der Waals surface area contributed by atoms with Gasteiger partial charge in [0.15, 0.2) is 0 Å².